The number of benzene rings is 2. The third-order valence-corrected chi connectivity index (χ3v) is 3.74. The fourth-order valence-corrected chi connectivity index (χ4v) is 2.55. The lowest BCUT2D eigenvalue weighted by molar-refractivity contribution is 0.613. The van der Waals surface area contributed by atoms with E-state index < -0.39 is 0 Å². The van der Waals surface area contributed by atoms with E-state index in [-0.39, 0.29) is 11.9 Å². The maximum Gasteiger partial charge on any atom is 0.123 e. The fourth-order valence-electron chi connectivity index (χ4n) is 2.55. The molecular weight excluding hydrogens is 261 g/mol. The van der Waals surface area contributed by atoms with Crippen molar-refractivity contribution >= 4 is 0 Å². The molecule has 0 fully saturated rings. The van der Waals surface area contributed by atoms with Crippen LogP contribution in [0.15, 0.2) is 48.5 Å². The standard InChI is InChI=1S/C19H24FN/c1-3-5-6-15-7-9-16(10-8-15)19(21-4-2)17-11-13-18(20)14-12-17/h7-14,19,21H,3-6H2,1-2H3. The molecule has 0 spiro atoms. The van der Waals surface area contributed by atoms with Gasteiger partial charge in [-0.05, 0) is 48.2 Å². The summed E-state index contributed by atoms with van der Waals surface area (Å²) in [5, 5.41) is 3.47. The SMILES string of the molecule is CCCCc1ccc(C(NCC)c2ccc(F)cc2)cc1. The van der Waals surface area contributed by atoms with Crippen LogP contribution in [0.2, 0.25) is 0 Å². The molecule has 2 aromatic rings. The van der Waals surface area contributed by atoms with Crippen molar-refractivity contribution in [3.63, 3.8) is 0 Å². The predicted molar refractivity (Wildman–Crippen MR) is 87.0 cm³/mol. The smallest absolute Gasteiger partial charge is 0.123 e. The van der Waals surface area contributed by atoms with Crippen molar-refractivity contribution < 1.29 is 4.39 Å². The predicted octanol–water partition coefficient (Wildman–Crippen LogP) is 4.87. The topological polar surface area (TPSA) is 12.0 Å². The van der Waals surface area contributed by atoms with Crippen LogP contribution in [0.25, 0.3) is 0 Å². The summed E-state index contributed by atoms with van der Waals surface area (Å²) in [6.45, 7) is 5.18. The molecule has 1 atom stereocenters. The van der Waals surface area contributed by atoms with Gasteiger partial charge in [-0.25, -0.2) is 4.39 Å². The normalized spacial score (nSPS) is 12.3. The van der Waals surface area contributed by atoms with Crippen molar-refractivity contribution in [2.45, 2.75) is 39.2 Å². The molecule has 1 unspecified atom stereocenters. The third-order valence-electron chi connectivity index (χ3n) is 3.74. The Morgan fingerprint density at radius 1 is 0.905 bits per heavy atom. The zero-order valence-corrected chi connectivity index (χ0v) is 12.9. The van der Waals surface area contributed by atoms with Crippen molar-refractivity contribution in [3.05, 3.63) is 71.0 Å². The highest BCUT2D eigenvalue weighted by molar-refractivity contribution is 5.33. The van der Waals surface area contributed by atoms with Crippen LogP contribution >= 0.6 is 0 Å². The lowest BCUT2D eigenvalue weighted by atomic mass is 9.96. The van der Waals surface area contributed by atoms with Crippen LogP contribution < -0.4 is 5.32 Å². The molecule has 0 saturated carbocycles. The number of aryl methyl sites for hydroxylation is 1. The van der Waals surface area contributed by atoms with Gasteiger partial charge in [-0.3, -0.25) is 0 Å². The van der Waals surface area contributed by atoms with E-state index in [0.717, 1.165) is 18.5 Å². The van der Waals surface area contributed by atoms with Gasteiger partial charge in [0.1, 0.15) is 5.82 Å². The summed E-state index contributed by atoms with van der Waals surface area (Å²) >= 11 is 0. The van der Waals surface area contributed by atoms with Crippen molar-refractivity contribution in [1.82, 2.24) is 5.32 Å². The van der Waals surface area contributed by atoms with Crippen LogP contribution in [0.5, 0.6) is 0 Å². The van der Waals surface area contributed by atoms with Crippen molar-refractivity contribution in [2.24, 2.45) is 0 Å². The Morgan fingerprint density at radius 2 is 1.48 bits per heavy atom. The molecule has 0 aliphatic heterocycles. The summed E-state index contributed by atoms with van der Waals surface area (Å²) in [5.41, 5.74) is 3.71. The highest BCUT2D eigenvalue weighted by Crippen LogP contribution is 2.23. The quantitative estimate of drug-likeness (QED) is 0.765. The Hall–Kier alpha value is -1.67. The van der Waals surface area contributed by atoms with Gasteiger partial charge < -0.3 is 5.32 Å². The molecule has 2 heteroatoms. The number of unbranched alkanes of at least 4 members (excludes halogenated alkanes) is 1. The zero-order valence-electron chi connectivity index (χ0n) is 12.9. The number of nitrogens with one attached hydrogen (secondary N) is 1. The van der Waals surface area contributed by atoms with Gasteiger partial charge in [0.15, 0.2) is 0 Å². The van der Waals surface area contributed by atoms with Crippen LogP contribution in [0.1, 0.15) is 49.4 Å². The molecular formula is C19H24FN. The molecule has 2 rings (SSSR count). The molecule has 112 valence electrons. The molecule has 0 aliphatic rings. The monoisotopic (exact) mass is 285 g/mol. The van der Waals surface area contributed by atoms with E-state index in [0.29, 0.717) is 0 Å². The van der Waals surface area contributed by atoms with Gasteiger partial charge in [0.2, 0.25) is 0 Å². The van der Waals surface area contributed by atoms with Crippen LogP contribution in [-0.4, -0.2) is 6.54 Å². The molecule has 0 amide bonds. The molecule has 0 saturated heterocycles. The first-order chi connectivity index (χ1) is 10.2. The van der Waals surface area contributed by atoms with Gasteiger partial charge in [-0.2, -0.15) is 0 Å². The highest BCUT2D eigenvalue weighted by Gasteiger charge is 2.12. The molecule has 0 bridgehead atoms. The van der Waals surface area contributed by atoms with E-state index in [9.17, 15) is 4.39 Å². The van der Waals surface area contributed by atoms with Crippen molar-refractivity contribution in [2.75, 3.05) is 6.54 Å². The maximum atomic E-state index is 13.1. The van der Waals surface area contributed by atoms with Crippen LogP contribution in [-0.2, 0) is 6.42 Å². The van der Waals surface area contributed by atoms with Crippen molar-refractivity contribution in [3.8, 4) is 0 Å². The number of rotatable bonds is 7. The summed E-state index contributed by atoms with van der Waals surface area (Å²) in [6, 6.07) is 15.7. The molecule has 1 N–H and O–H groups in total. The first kappa shape index (κ1) is 15.7. The molecule has 0 heterocycles. The first-order valence-electron chi connectivity index (χ1n) is 7.82. The molecule has 1 nitrogen and oxygen atoms in total. The van der Waals surface area contributed by atoms with Crippen molar-refractivity contribution in [1.29, 1.82) is 0 Å². The van der Waals surface area contributed by atoms with Gasteiger partial charge in [-0.1, -0.05) is 56.7 Å². The molecule has 0 radical (unpaired) electrons. The van der Waals surface area contributed by atoms with Crippen LogP contribution in [0, 0.1) is 5.82 Å². The summed E-state index contributed by atoms with van der Waals surface area (Å²) in [4.78, 5) is 0. The summed E-state index contributed by atoms with van der Waals surface area (Å²) in [6.07, 6.45) is 3.59. The van der Waals surface area contributed by atoms with E-state index in [2.05, 4.69) is 43.4 Å². The Labute approximate surface area is 127 Å². The average molecular weight is 285 g/mol. The fraction of sp³-hybridized carbons (Fsp3) is 0.368. The van der Waals surface area contributed by atoms with E-state index in [1.54, 1.807) is 0 Å². The number of hydrogen-bond acceptors (Lipinski definition) is 1. The van der Waals surface area contributed by atoms with Gasteiger partial charge in [-0.15, -0.1) is 0 Å². The van der Waals surface area contributed by atoms with E-state index in [1.807, 2.05) is 12.1 Å². The lowest BCUT2D eigenvalue weighted by Crippen LogP contribution is -2.21. The number of hydrogen-bond donors (Lipinski definition) is 1. The first-order valence-corrected chi connectivity index (χ1v) is 7.82. The lowest BCUT2D eigenvalue weighted by Gasteiger charge is -2.19. The van der Waals surface area contributed by atoms with Gasteiger partial charge in [0.25, 0.3) is 0 Å². The minimum absolute atomic E-state index is 0.121. The van der Waals surface area contributed by atoms with E-state index in [1.165, 1.54) is 36.1 Å². The zero-order chi connectivity index (χ0) is 15.1. The summed E-state index contributed by atoms with van der Waals surface area (Å²) in [5.74, 6) is -0.191. The Bertz CT molecular complexity index is 530. The minimum atomic E-state index is -0.191. The minimum Gasteiger partial charge on any atom is -0.307 e. The van der Waals surface area contributed by atoms with E-state index in [4.69, 9.17) is 0 Å². The highest BCUT2D eigenvalue weighted by atomic mass is 19.1. The van der Waals surface area contributed by atoms with Gasteiger partial charge in [0.05, 0.1) is 6.04 Å². The average Bonchev–Trinajstić information content (AvgIpc) is 2.52. The Kier molecular flexibility index (Phi) is 5.94. The molecule has 21 heavy (non-hydrogen) atoms. The second-order valence-corrected chi connectivity index (χ2v) is 5.39. The maximum absolute atomic E-state index is 13.1. The van der Waals surface area contributed by atoms with E-state index >= 15 is 0 Å². The van der Waals surface area contributed by atoms with Crippen LogP contribution in [0.3, 0.4) is 0 Å². The second-order valence-electron chi connectivity index (χ2n) is 5.39. The molecule has 2 aromatic carbocycles. The molecule has 0 aliphatic carbocycles. The molecule has 0 aromatic heterocycles. The summed E-state index contributed by atoms with van der Waals surface area (Å²) < 4.78 is 13.1. The van der Waals surface area contributed by atoms with Crippen LogP contribution in [0.4, 0.5) is 4.39 Å². The third kappa shape index (κ3) is 4.40. The Balaban J connectivity index is 2.19. The number of halogens is 1. The summed E-state index contributed by atoms with van der Waals surface area (Å²) in [7, 11) is 0. The Morgan fingerprint density at radius 3 is 2.00 bits per heavy atom. The second kappa shape index (κ2) is 7.94. The van der Waals surface area contributed by atoms with Gasteiger partial charge in [0, 0.05) is 0 Å². The largest absolute Gasteiger partial charge is 0.307 e. The van der Waals surface area contributed by atoms with Gasteiger partial charge >= 0.3 is 0 Å².